The molecule has 2 aliphatic rings. The lowest BCUT2D eigenvalue weighted by atomic mass is 10.1. The summed E-state index contributed by atoms with van der Waals surface area (Å²) in [6, 6.07) is 7.87. The predicted octanol–water partition coefficient (Wildman–Crippen LogP) is 0.430. The molecule has 0 aliphatic carbocycles. The molecule has 1 aromatic carbocycles. The third kappa shape index (κ3) is 2.01. The van der Waals surface area contributed by atoms with E-state index in [1.807, 2.05) is 30.3 Å². The van der Waals surface area contributed by atoms with Crippen LogP contribution >= 0.6 is 0 Å². The Bertz CT molecular complexity index is 603. The maximum Gasteiger partial charge on any atom is 0.328 e. The minimum atomic E-state index is -0.677. The van der Waals surface area contributed by atoms with Gasteiger partial charge in [-0.25, -0.2) is 9.59 Å². The van der Waals surface area contributed by atoms with Crippen LogP contribution in [0.4, 0.5) is 9.59 Å². The van der Waals surface area contributed by atoms with E-state index in [-0.39, 0.29) is 18.5 Å². The second-order valence-corrected chi connectivity index (χ2v) is 5.25. The first-order valence-corrected chi connectivity index (χ1v) is 6.66. The van der Waals surface area contributed by atoms with Gasteiger partial charge >= 0.3 is 12.1 Å². The van der Waals surface area contributed by atoms with Crippen molar-refractivity contribution in [2.24, 2.45) is 0 Å². The van der Waals surface area contributed by atoms with Gasteiger partial charge in [-0.1, -0.05) is 30.3 Å². The lowest BCUT2D eigenvalue weighted by Gasteiger charge is -2.40. The molecule has 2 atom stereocenters. The Labute approximate surface area is 122 Å². The summed E-state index contributed by atoms with van der Waals surface area (Å²) in [5.41, 5.74) is 0.867. The number of rotatable bonds is 2. The van der Waals surface area contributed by atoms with Gasteiger partial charge < -0.3 is 15.1 Å². The van der Waals surface area contributed by atoms with Crippen LogP contribution in [0.25, 0.3) is 0 Å². The predicted molar refractivity (Wildman–Crippen MR) is 74.0 cm³/mol. The number of urea groups is 2. The van der Waals surface area contributed by atoms with Gasteiger partial charge in [0.05, 0.1) is 6.54 Å². The lowest BCUT2D eigenvalue weighted by Crippen LogP contribution is -2.65. The summed E-state index contributed by atoms with van der Waals surface area (Å²) in [6.45, 7) is 0.202. The van der Waals surface area contributed by atoms with Crippen LogP contribution in [0.2, 0.25) is 0 Å². The molecule has 2 unspecified atom stereocenters. The highest BCUT2D eigenvalue weighted by atomic mass is 16.2. The van der Waals surface area contributed by atoms with Gasteiger partial charge in [-0.3, -0.25) is 9.69 Å². The molecule has 110 valence electrons. The molecule has 0 aromatic heterocycles. The van der Waals surface area contributed by atoms with Crippen molar-refractivity contribution in [1.29, 1.82) is 0 Å². The molecule has 7 nitrogen and oxygen atoms in total. The quantitative estimate of drug-likeness (QED) is 0.857. The summed E-state index contributed by atoms with van der Waals surface area (Å²) in [4.78, 5) is 40.6. The maximum atomic E-state index is 12.6. The van der Waals surface area contributed by atoms with Gasteiger partial charge in [0.25, 0.3) is 5.91 Å². The largest absolute Gasteiger partial charge is 0.328 e. The maximum absolute atomic E-state index is 12.6. The zero-order chi connectivity index (χ0) is 15.1. The Morgan fingerprint density at radius 1 is 1.05 bits per heavy atom. The molecule has 3 rings (SSSR count). The summed E-state index contributed by atoms with van der Waals surface area (Å²) in [5, 5.41) is 2.65. The van der Waals surface area contributed by atoms with E-state index in [2.05, 4.69) is 5.32 Å². The molecular weight excluding hydrogens is 272 g/mol. The molecule has 1 N–H and O–H groups in total. The van der Waals surface area contributed by atoms with Crippen molar-refractivity contribution in [3.63, 3.8) is 0 Å². The number of likely N-dealkylation sites (N-methyl/N-ethyl adjacent to an activating group) is 2. The smallest absolute Gasteiger partial charge is 0.315 e. The molecule has 2 aliphatic heterocycles. The van der Waals surface area contributed by atoms with E-state index in [0.29, 0.717) is 0 Å². The molecule has 2 saturated heterocycles. The molecule has 2 heterocycles. The zero-order valence-corrected chi connectivity index (χ0v) is 11.8. The number of carbonyl (C=O) groups is 3. The van der Waals surface area contributed by atoms with Gasteiger partial charge in [-0.15, -0.1) is 0 Å². The van der Waals surface area contributed by atoms with Crippen LogP contribution in [0.5, 0.6) is 0 Å². The van der Waals surface area contributed by atoms with E-state index in [1.165, 1.54) is 14.7 Å². The van der Waals surface area contributed by atoms with E-state index < -0.39 is 18.2 Å². The van der Waals surface area contributed by atoms with E-state index in [4.69, 9.17) is 0 Å². The summed E-state index contributed by atoms with van der Waals surface area (Å²) in [6.07, 6.45) is -0.602. The number of nitrogens with one attached hydrogen (secondary N) is 1. The highest BCUT2D eigenvalue weighted by molar-refractivity contribution is 6.03. The topological polar surface area (TPSA) is 73.0 Å². The first kappa shape index (κ1) is 13.4. The first-order valence-electron chi connectivity index (χ1n) is 6.66. The molecule has 1 aromatic rings. The third-order valence-electron chi connectivity index (χ3n) is 3.96. The van der Waals surface area contributed by atoms with Gasteiger partial charge in [0.15, 0.2) is 6.04 Å². The van der Waals surface area contributed by atoms with E-state index in [9.17, 15) is 14.4 Å². The highest BCUT2D eigenvalue weighted by Crippen LogP contribution is 2.24. The number of imide groups is 1. The summed E-state index contributed by atoms with van der Waals surface area (Å²) in [7, 11) is 3.14. The number of carbonyl (C=O) groups excluding carboxylic acids is 3. The fourth-order valence-corrected chi connectivity index (χ4v) is 2.73. The van der Waals surface area contributed by atoms with Crippen LogP contribution < -0.4 is 5.32 Å². The van der Waals surface area contributed by atoms with Crippen molar-refractivity contribution in [2.45, 2.75) is 18.8 Å². The molecule has 21 heavy (non-hydrogen) atoms. The van der Waals surface area contributed by atoms with Crippen LogP contribution in [0.15, 0.2) is 30.3 Å². The minimum absolute atomic E-state index is 0.202. The Morgan fingerprint density at radius 3 is 2.38 bits per heavy atom. The average Bonchev–Trinajstić information content (AvgIpc) is 2.79. The van der Waals surface area contributed by atoms with E-state index >= 15 is 0 Å². The number of hydrogen-bond donors (Lipinski definition) is 1. The molecule has 0 saturated carbocycles. The third-order valence-corrected chi connectivity index (χ3v) is 3.96. The molecule has 2 fully saturated rings. The monoisotopic (exact) mass is 288 g/mol. The normalized spacial score (nSPS) is 25.2. The highest BCUT2D eigenvalue weighted by Gasteiger charge is 2.52. The zero-order valence-electron chi connectivity index (χ0n) is 11.8. The van der Waals surface area contributed by atoms with Crippen LogP contribution in [0.1, 0.15) is 5.56 Å². The van der Waals surface area contributed by atoms with Crippen molar-refractivity contribution >= 4 is 18.0 Å². The number of benzene rings is 1. The molecule has 7 heteroatoms. The summed E-state index contributed by atoms with van der Waals surface area (Å²) in [5.74, 6) is -0.354. The first-order chi connectivity index (χ1) is 10.0. The van der Waals surface area contributed by atoms with Crippen molar-refractivity contribution in [3.8, 4) is 0 Å². The Hall–Kier alpha value is -2.57. The van der Waals surface area contributed by atoms with Gasteiger partial charge in [0.2, 0.25) is 0 Å². The van der Waals surface area contributed by atoms with E-state index in [0.717, 1.165) is 5.56 Å². The standard InChI is InChI=1S/C14H16N4O3/c1-16-10-11(15-13(16)20)17(2)14(21)18(12(10)19)8-9-6-4-3-5-7-9/h3-7,10-11H,8H2,1-2H3,(H,15,20). The lowest BCUT2D eigenvalue weighted by molar-refractivity contribution is -0.137. The second-order valence-electron chi connectivity index (χ2n) is 5.25. The van der Waals surface area contributed by atoms with Gasteiger partial charge in [-0.05, 0) is 5.56 Å². The second kappa shape index (κ2) is 4.76. The van der Waals surface area contributed by atoms with E-state index in [1.54, 1.807) is 14.1 Å². The minimum Gasteiger partial charge on any atom is -0.315 e. The molecule has 0 spiro atoms. The number of hydrogen-bond acceptors (Lipinski definition) is 3. The van der Waals surface area contributed by atoms with Crippen LogP contribution in [-0.4, -0.2) is 59.0 Å². The summed E-state index contributed by atoms with van der Waals surface area (Å²) < 4.78 is 0. The Balaban J connectivity index is 1.89. The Kier molecular flexibility index (Phi) is 3.04. The van der Waals surface area contributed by atoms with Gasteiger partial charge in [0.1, 0.15) is 6.17 Å². The fourth-order valence-electron chi connectivity index (χ4n) is 2.73. The molecule has 0 bridgehead atoms. The van der Waals surface area contributed by atoms with Crippen molar-refractivity contribution in [1.82, 2.24) is 20.0 Å². The number of fused-ring (bicyclic) bond motifs is 1. The van der Waals surface area contributed by atoms with Gasteiger partial charge in [0, 0.05) is 14.1 Å². The Morgan fingerprint density at radius 2 is 1.71 bits per heavy atom. The summed E-state index contributed by atoms with van der Waals surface area (Å²) >= 11 is 0. The van der Waals surface area contributed by atoms with Gasteiger partial charge in [-0.2, -0.15) is 0 Å². The van der Waals surface area contributed by atoms with Crippen LogP contribution in [-0.2, 0) is 11.3 Å². The molecule has 0 radical (unpaired) electrons. The number of amides is 5. The van der Waals surface area contributed by atoms with Crippen molar-refractivity contribution < 1.29 is 14.4 Å². The SMILES string of the molecule is CN1C(=O)N(Cc2ccccc2)C(=O)C2C1NC(=O)N2C. The molecular formula is C14H16N4O3. The van der Waals surface area contributed by atoms with Crippen molar-refractivity contribution in [3.05, 3.63) is 35.9 Å². The van der Waals surface area contributed by atoms with Crippen LogP contribution in [0, 0.1) is 0 Å². The molecule has 5 amide bonds. The van der Waals surface area contributed by atoms with Crippen molar-refractivity contribution in [2.75, 3.05) is 14.1 Å². The fraction of sp³-hybridized carbons (Fsp3) is 0.357. The number of nitrogens with zero attached hydrogens (tertiary/aromatic N) is 3. The van der Waals surface area contributed by atoms with Crippen LogP contribution in [0.3, 0.4) is 0 Å². The average molecular weight is 288 g/mol.